The number of carbonyl (C=O) groups excluding carboxylic acids is 2. The fourth-order valence-corrected chi connectivity index (χ4v) is 3.27. The van der Waals surface area contributed by atoms with Crippen LogP contribution in [0.4, 0.5) is 0 Å². The minimum absolute atomic E-state index is 0.193. The van der Waals surface area contributed by atoms with Crippen LogP contribution in [-0.4, -0.2) is 33.6 Å². The first kappa shape index (κ1) is 17.7. The first-order valence-electron chi connectivity index (χ1n) is 8.86. The van der Waals surface area contributed by atoms with Crippen LogP contribution in [0.5, 0.6) is 5.75 Å². The van der Waals surface area contributed by atoms with Gasteiger partial charge in [-0.15, -0.1) is 0 Å². The molecule has 6 heteroatoms. The van der Waals surface area contributed by atoms with Gasteiger partial charge in [-0.05, 0) is 35.9 Å². The summed E-state index contributed by atoms with van der Waals surface area (Å²) < 4.78 is 6.86. The van der Waals surface area contributed by atoms with Crippen LogP contribution in [0.3, 0.4) is 0 Å². The Kier molecular flexibility index (Phi) is 4.53. The van der Waals surface area contributed by atoms with Gasteiger partial charge in [0.05, 0.1) is 24.9 Å². The number of benzene rings is 2. The van der Waals surface area contributed by atoms with Gasteiger partial charge in [-0.25, -0.2) is 0 Å². The molecular formula is C22H19N3O3. The van der Waals surface area contributed by atoms with E-state index in [1.165, 1.54) is 4.90 Å². The maximum absolute atomic E-state index is 13.2. The standard InChI is InChI=1S/C22H19N3O3/c1-24-16(11-12-23-24)13-20-18-5-3-4-6-19(18)21(26)25(22(20)27)14-15-7-9-17(28-2)10-8-15/h3-13H,14H2,1-2H3. The lowest BCUT2D eigenvalue weighted by atomic mass is 9.92. The minimum Gasteiger partial charge on any atom is -0.497 e. The lowest BCUT2D eigenvalue weighted by molar-refractivity contribution is -0.123. The van der Waals surface area contributed by atoms with Crippen LogP contribution in [0, 0.1) is 0 Å². The summed E-state index contributed by atoms with van der Waals surface area (Å²) in [6.45, 7) is 0.193. The third-order valence-electron chi connectivity index (χ3n) is 4.82. The Labute approximate surface area is 162 Å². The third-order valence-corrected chi connectivity index (χ3v) is 4.82. The molecule has 0 saturated heterocycles. The topological polar surface area (TPSA) is 64.4 Å². The van der Waals surface area contributed by atoms with E-state index in [4.69, 9.17) is 4.74 Å². The van der Waals surface area contributed by atoms with Crippen molar-refractivity contribution in [1.82, 2.24) is 14.7 Å². The van der Waals surface area contributed by atoms with Gasteiger partial charge in [0, 0.05) is 24.4 Å². The molecule has 0 spiro atoms. The Morgan fingerprint density at radius 1 is 0.964 bits per heavy atom. The van der Waals surface area contributed by atoms with Gasteiger partial charge in [-0.3, -0.25) is 19.2 Å². The molecule has 0 fully saturated rings. The number of carbonyl (C=O) groups is 2. The molecule has 6 nitrogen and oxygen atoms in total. The molecule has 0 radical (unpaired) electrons. The molecule has 2 heterocycles. The highest BCUT2D eigenvalue weighted by atomic mass is 16.5. The van der Waals surface area contributed by atoms with Crippen LogP contribution >= 0.6 is 0 Å². The number of imide groups is 1. The summed E-state index contributed by atoms with van der Waals surface area (Å²) in [5.74, 6) is 0.112. The fraction of sp³-hybridized carbons (Fsp3) is 0.136. The second-order valence-corrected chi connectivity index (χ2v) is 6.53. The van der Waals surface area contributed by atoms with E-state index >= 15 is 0 Å². The average molecular weight is 373 g/mol. The van der Waals surface area contributed by atoms with E-state index in [2.05, 4.69) is 5.10 Å². The molecule has 0 atom stereocenters. The molecule has 2 aromatic carbocycles. The molecule has 0 unspecified atom stereocenters. The maximum Gasteiger partial charge on any atom is 0.261 e. The smallest absolute Gasteiger partial charge is 0.261 e. The van der Waals surface area contributed by atoms with Crippen LogP contribution in [-0.2, 0) is 18.4 Å². The van der Waals surface area contributed by atoms with E-state index in [-0.39, 0.29) is 18.4 Å². The predicted octanol–water partition coefficient (Wildman–Crippen LogP) is 3.15. The molecule has 1 aromatic heterocycles. The number of methoxy groups -OCH3 is 1. The SMILES string of the molecule is COc1ccc(CN2C(=O)C(=Cc3ccnn3C)c3ccccc3C2=O)cc1. The predicted molar refractivity (Wildman–Crippen MR) is 105 cm³/mol. The van der Waals surface area contributed by atoms with Crippen molar-refractivity contribution in [2.24, 2.45) is 7.05 Å². The lowest BCUT2D eigenvalue weighted by Gasteiger charge is -2.28. The molecule has 140 valence electrons. The van der Waals surface area contributed by atoms with Gasteiger partial charge in [0.1, 0.15) is 5.75 Å². The summed E-state index contributed by atoms with van der Waals surface area (Å²) in [7, 11) is 3.41. The second-order valence-electron chi connectivity index (χ2n) is 6.53. The van der Waals surface area contributed by atoms with Crippen LogP contribution in [0.15, 0.2) is 60.8 Å². The third kappa shape index (κ3) is 3.09. The highest BCUT2D eigenvalue weighted by molar-refractivity contribution is 6.33. The van der Waals surface area contributed by atoms with Crippen molar-refractivity contribution in [2.75, 3.05) is 7.11 Å². The fourth-order valence-electron chi connectivity index (χ4n) is 3.27. The van der Waals surface area contributed by atoms with Crippen LogP contribution in [0.1, 0.15) is 27.2 Å². The summed E-state index contributed by atoms with van der Waals surface area (Å²) in [6, 6.07) is 16.3. The number of fused-ring (bicyclic) bond motifs is 1. The van der Waals surface area contributed by atoms with Crippen LogP contribution < -0.4 is 4.74 Å². The van der Waals surface area contributed by atoms with E-state index < -0.39 is 0 Å². The average Bonchev–Trinajstić information content (AvgIpc) is 3.13. The molecule has 1 aliphatic rings. The van der Waals surface area contributed by atoms with Crippen molar-refractivity contribution in [1.29, 1.82) is 0 Å². The number of hydrogen-bond donors (Lipinski definition) is 0. The van der Waals surface area contributed by atoms with Gasteiger partial charge in [0.2, 0.25) is 0 Å². The molecule has 0 bridgehead atoms. The quantitative estimate of drug-likeness (QED) is 0.521. The first-order chi connectivity index (χ1) is 13.6. The van der Waals surface area contributed by atoms with Gasteiger partial charge in [-0.2, -0.15) is 5.10 Å². The number of hydrogen-bond acceptors (Lipinski definition) is 4. The van der Waals surface area contributed by atoms with Crippen molar-refractivity contribution in [3.05, 3.63) is 83.2 Å². The minimum atomic E-state index is -0.319. The van der Waals surface area contributed by atoms with Gasteiger partial charge < -0.3 is 4.74 Å². The van der Waals surface area contributed by atoms with Gasteiger partial charge in [0.25, 0.3) is 11.8 Å². The molecular weight excluding hydrogens is 354 g/mol. The number of rotatable bonds is 4. The summed E-state index contributed by atoms with van der Waals surface area (Å²) in [5.41, 5.74) is 3.28. The summed E-state index contributed by atoms with van der Waals surface area (Å²) in [5, 5.41) is 4.15. The summed E-state index contributed by atoms with van der Waals surface area (Å²) >= 11 is 0. The van der Waals surface area contributed by atoms with E-state index in [0.29, 0.717) is 16.7 Å². The zero-order chi connectivity index (χ0) is 19.7. The highest BCUT2D eigenvalue weighted by Crippen LogP contribution is 2.31. The van der Waals surface area contributed by atoms with E-state index in [9.17, 15) is 9.59 Å². The summed E-state index contributed by atoms with van der Waals surface area (Å²) in [6.07, 6.45) is 3.45. The number of ether oxygens (including phenoxy) is 1. The zero-order valence-corrected chi connectivity index (χ0v) is 15.6. The van der Waals surface area contributed by atoms with Crippen LogP contribution in [0.25, 0.3) is 11.6 Å². The number of nitrogens with zero attached hydrogens (tertiary/aromatic N) is 3. The molecule has 4 rings (SSSR count). The zero-order valence-electron chi connectivity index (χ0n) is 15.6. The van der Waals surface area contributed by atoms with Crippen molar-refractivity contribution in [3.8, 4) is 5.75 Å². The van der Waals surface area contributed by atoms with Gasteiger partial charge in [0.15, 0.2) is 0 Å². The molecule has 1 aliphatic heterocycles. The largest absolute Gasteiger partial charge is 0.497 e. The second kappa shape index (κ2) is 7.15. The normalized spacial score (nSPS) is 15.1. The van der Waals surface area contributed by atoms with E-state index in [1.807, 2.05) is 43.4 Å². The Bertz CT molecular complexity index is 1080. The Morgan fingerprint density at radius 2 is 1.68 bits per heavy atom. The lowest BCUT2D eigenvalue weighted by Crippen LogP contribution is -2.41. The number of aryl methyl sites for hydroxylation is 1. The van der Waals surface area contributed by atoms with Crippen molar-refractivity contribution >= 4 is 23.5 Å². The first-order valence-corrected chi connectivity index (χ1v) is 8.86. The Hall–Kier alpha value is -3.67. The van der Waals surface area contributed by atoms with E-state index in [0.717, 1.165) is 17.0 Å². The molecule has 3 aromatic rings. The Balaban J connectivity index is 1.76. The molecule has 0 aliphatic carbocycles. The molecule has 2 amide bonds. The molecule has 0 saturated carbocycles. The van der Waals surface area contributed by atoms with Gasteiger partial charge in [-0.1, -0.05) is 30.3 Å². The van der Waals surface area contributed by atoms with Crippen molar-refractivity contribution < 1.29 is 14.3 Å². The summed E-state index contributed by atoms with van der Waals surface area (Å²) in [4.78, 5) is 27.5. The number of amides is 2. The van der Waals surface area contributed by atoms with E-state index in [1.54, 1.807) is 42.3 Å². The Morgan fingerprint density at radius 3 is 2.32 bits per heavy atom. The maximum atomic E-state index is 13.2. The van der Waals surface area contributed by atoms with Crippen molar-refractivity contribution in [3.63, 3.8) is 0 Å². The van der Waals surface area contributed by atoms with Crippen molar-refractivity contribution in [2.45, 2.75) is 6.54 Å². The molecule has 0 N–H and O–H groups in total. The monoisotopic (exact) mass is 373 g/mol. The number of aromatic nitrogens is 2. The molecule has 28 heavy (non-hydrogen) atoms. The van der Waals surface area contributed by atoms with Gasteiger partial charge >= 0.3 is 0 Å². The van der Waals surface area contributed by atoms with Crippen LogP contribution in [0.2, 0.25) is 0 Å². The highest BCUT2D eigenvalue weighted by Gasteiger charge is 2.34.